The quantitative estimate of drug-likeness (QED) is 0.606. The third kappa shape index (κ3) is 3.95. The summed E-state index contributed by atoms with van der Waals surface area (Å²) in [4.78, 5) is 34.2. The van der Waals surface area contributed by atoms with Crippen molar-refractivity contribution in [2.45, 2.75) is 39.3 Å². The number of hydrogen-bond donors (Lipinski definition) is 0. The van der Waals surface area contributed by atoms with Crippen molar-refractivity contribution in [1.82, 2.24) is 19.4 Å². The summed E-state index contributed by atoms with van der Waals surface area (Å²) in [6.07, 6.45) is 0.426. The first-order valence-electron chi connectivity index (χ1n) is 10.6. The molecular formula is C24H28N4O2. The number of likely N-dealkylation sites (N-methyl/N-ethyl adjacent to an activating group) is 1. The van der Waals surface area contributed by atoms with Crippen LogP contribution < -0.4 is 0 Å². The van der Waals surface area contributed by atoms with E-state index in [9.17, 15) is 9.59 Å². The summed E-state index contributed by atoms with van der Waals surface area (Å²) >= 11 is 0. The van der Waals surface area contributed by atoms with Gasteiger partial charge in [-0.25, -0.2) is 4.98 Å². The van der Waals surface area contributed by atoms with Gasteiger partial charge < -0.3 is 14.4 Å². The summed E-state index contributed by atoms with van der Waals surface area (Å²) in [6, 6.07) is 17.9. The minimum Gasteiger partial charge on any atom is -0.342 e. The van der Waals surface area contributed by atoms with Gasteiger partial charge in [0.1, 0.15) is 12.4 Å². The van der Waals surface area contributed by atoms with Crippen molar-refractivity contribution < 1.29 is 9.59 Å². The third-order valence-corrected chi connectivity index (χ3v) is 5.89. The molecule has 1 aromatic heterocycles. The molecule has 6 nitrogen and oxygen atoms in total. The Morgan fingerprint density at radius 2 is 1.77 bits per heavy atom. The number of hydrogen-bond acceptors (Lipinski definition) is 3. The number of aromatic nitrogens is 2. The number of fused-ring (bicyclic) bond motifs is 1. The minimum absolute atomic E-state index is 0.0156. The van der Waals surface area contributed by atoms with Crippen LogP contribution in [0.5, 0.6) is 0 Å². The molecule has 1 saturated heterocycles. The second-order valence-electron chi connectivity index (χ2n) is 7.77. The second-order valence-corrected chi connectivity index (χ2v) is 7.77. The summed E-state index contributed by atoms with van der Waals surface area (Å²) in [7, 11) is 0. The van der Waals surface area contributed by atoms with E-state index in [1.54, 1.807) is 0 Å². The fourth-order valence-electron chi connectivity index (χ4n) is 4.29. The highest BCUT2D eigenvalue weighted by molar-refractivity contribution is 5.83. The number of likely N-dealkylation sites (tertiary alicyclic amines) is 1. The molecule has 1 fully saturated rings. The molecular weight excluding hydrogens is 376 g/mol. The summed E-state index contributed by atoms with van der Waals surface area (Å²) in [5.74, 6) is 1.03. The molecule has 156 valence electrons. The lowest BCUT2D eigenvalue weighted by Gasteiger charge is -2.21. The van der Waals surface area contributed by atoms with Gasteiger partial charge in [0, 0.05) is 38.5 Å². The third-order valence-electron chi connectivity index (χ3n) is 5.89. The number of carbonyl (C=O) groups excluding carboxylic acids is 2. The molecule has 0 N–H and O–H groups in total. The molecule has 1 aliphatic rings. The maximum absolute atomic E-state index is 12.9. The van der Waals surface area contributed by atoms with E-state index in [4.69, 9.17) is 4.98 Å². The van der Waals surface area contributed by atoms with Crippen molar-refractivity contribution >= 4 is 22.8 Å². The average Bonchev–Trinajstić information content (AvgIpc) is 3.30. The molecule has 1 atom stereocenters. The highest BCUT2D eigenvalue weighted by atomic mass is 16.2. The number of amides is 2. The lowest BCUT2D eigenvalue weighted by Crippen LogP contribution is -2.34. The summed E-state index contributed by atoms with van der Waals surface area (Å²) in [5, 5.41) is 0. The molecule has 2 amide bonds. The Balaban J connectivity index is 1.62. The van der Waals surface area contributed by atoms with E-state index in [0.29, 0.717) is 32.6 Å². The molecule has 1 unspecified atom stereocenters. The Morgan fingerprint density at radius 3 is 2.50 bits per heavy atom. The number of rotatable bonds is 7. The van der Waals surface area contributed by atoms with E-state index in [0.717, 1.165) is 22.4 Å². The molecule has 0 spiro atoms. The van der Waals surface area contributed by atoms with Gasteiger partial charge in [0.05, 0.1) is 11.0 Å². The van der Waals surface area contributed by atoms with E-state index >= 15 is 0 Å². The predicted octanol–water partition coefficient (Wildman–Crippen LogP) is 3.42. The molecule has 0 aliphatic carbocycles. The Morgan fingerprint density at radius 1 is 1.07 bits per heavy atom. The number of nitrogens with zero attached hydrogens (tertiary/aromatic N) is 4. The Kier molecular flexibility index (Phi) is 5.84. The SMILES string of the molecule is CCN(CC)C(=O)Cn1c(C2CC(=O)N(Cc3ccccc3)C2)nc2ccccc21. The van der Waals surface area contributed by atoms with E-state index < -0.39 is 0 Å². The average molecular weight is 405 g/mol. The summed E-state index contributed by atoms with van der Waals surface area (Å²) in [5.41, 5.74) is 2.94. The molecule has 6 heteroatoms. The molecule has 2 heterocycles. The Labute approximate surface area is 177 Å². The van der Waals surface area contributed by atoms with E-state index in [1.807, 2.05) is 82.8 Å². The summed E-state index contributed by atoms with van der Waals surface area (Å²) in [6.45, 7) is 6.83. The zero-order chi connectivity index (χ0) is 21.1. The van der Waals surface area contributed by atoms with Gasteiger partial charge in [-0.05, 0) is 31.5 Å². The van der Waals surface area contributed by atoms with Crippen LogP contribution in [-0.4, -0.2) is 50.8 Å². The molecule has 0 bridgehead atoms. The lowest BCUT2D eigenvalue weighted by atomic mass is 10.1. The Bertz CT molecular complexity index is 1040. The molecule has 1 aliphatic heterocycles. The van der Waals surface area contributed by atoms with E-state index in [-0.39, 0.29) is 24.3 Å². The minimum atomic E-state index is -0.0156. The van der Waals surface area contributed by atoms with Crippen LogP contribution in [0.4, 0.5) is 0 Å². The van der Waals surface area contributed by atoms with Gasteiger partial charge in [0.2, 0.25) is 11.8 Å². The zero-order valence-corrected chi connectivity index (χ0v) is 17.6. The zero-order valence-electron chi connectivity index (χ0n) is 17.6. The lowest BCUT2D eigenvalue weighted by molar-refractivity contribution is -0.131. The maximum atomic E-state index is 12.9. The van der Waals surface area contributed by atoms with Gasteiger partial charge in [0.15, 0.2) is 0 Å². The van der Waals surface area contributed by atoms with Gasteiger partial charge in [-0.2, -0.15) is 0 Å². The van der Waals surface area contributed by atoms with Crippen molar-refractivity contribution in [1.29, 1.82) is 0 Å². The van der Waals surface area contributed by atoms with Crippen LogP contribution in [0.25, 0.3) is 11.0 Å². The number of benzene rings is 2. The fraction of sp³-hybridized carbons (Fsp3) is 0.375. The van der Waals surface area contributed by atoms with Crippen LogP contribution in [0.1, 0.15) is 37.6 Å². The van der Waals surface area contributed by atoms with Crippen LogP contribution >= 0.6 is 0 Å². The van der Waals surface area contributed by atoms with Crippen molar-refractivity contribution in [2.75, 3.05) is 19.6 Å². The molecule has 0 radical (unpaired) electrons. The predicted molar refractivity (Wildman–Crippen MR) is 117 cm³/mol. The topological polar surface area (TPSA) is 58.4 Å². The van der Waals surface area contributed by atoms with Gasteiger partial charge in [0.25, 0.3) is 0 Å². The fourth-order valence-corrected chi connectivity index (χ4v) is 4.29. The first kappa shape index (κ1) is 20.1. The van der Waals surface area contributed by atoms with Gasteiger partial charge in [-0.3, -0.25) is 9.59 Å². The first-order valence-corrected chi connectivity index (χ1v) is 10.6. The highest BCUT2D eigenvalue weighted by Crippen LogP contribution is 2.31. The normalized spacial score (nSPS) is 16.4. The largest absolute Gasteiger partial charge is 0.342 e. The van der Waals surface area contributed by atoms with Crippen LogP contribution in [-0.2, 0) is 22.7 Å². The molecule has 2 aromatic carbocycles. The first-order chi connectivity index (χ1) is 14.6. The maximum Gasteiger partial charge on any atom is 0.242 e. The van der Waals surface area contributed by atoms with Crippen molar-refractivity contribution in [3.8, 4) is 0 Å². The van der Waals surface area contributed by atoms with Crippen LogP contribution in [0, 0.1) is 0 Å². The van der Waals surface area contributed by atoms with Crippen LogP contribution in [0.15, 0.2) is 54.6 Å². The standard InChI is InChI=1S/C24H28N4O2/c1-3-26(4-2)23(30)17-28-21-13-9-8-12-20(21)25-24(28)19-14-22(29)27(16-19)15-18-10-6-5-7-11-18/h5-13,19H,3-4,14-17H2,1-2H3. The van der Waals surface area contributed by atoms with Crippen molar-refractivity contribution in [2.24, 2.45) is 0 Å². The van der Waals surface area contributed by atoms with Crippen LogP contribution in [0.3, 0.4) is 0 Å². The van der Waals surface area contributed by atoms with Gasteiger partial charge in [-0.15, -0.1) is 0 Å². The number of imidazole rings is 1. The molecule has 3 aromatic rings. The van der Waals surface area contributed by atoms with Crippen LogP contribution in [0.2, 0.25) is 0 Å². The Hall–Kier alpha value is -3.15. The number of para-hydroxylation sites is 2. The van der Waals surface area contributed by atoms with Gasteiger partial charge >= 0.3 is 0 Å². The van der Waals surface area contributed by atoms with Gasteiger partial charge in [-0.1, -0.05) is 42.5 Å². The molecule has 4 rings (SSSR count). The monoisotopic (exact) mass is 404 g/mol. The second kappa shape index (κ2) is 8.69. The van der Waals surface area contributed by atoms with E-state index in [1.165, 1.54) is 0 Å². The van der Waals surface area contributed by atoms with Crippen molar-refractivity contribution in [3.05, 3.63) is 66.0 Å². The molecule has 0 saturated carbocycles. The summed E-state index contributed by atoms with van der Waals surface area (Å²) < 4.78 is 2.01. The van der Waals surface area contributed by atoms with E-state index in [2.05, 4.69) is 0 Å². The number of carbonyl (C=O) groups is 2. The van der Waals surface area contributed by atoms with Crippen molar-refractivity contribution in [3.63, 3.8) is 0 Å². The molecule has 30 heavy (non-hydrogen) atoms. The smallest absolute Gasteiger partial charge is 0.242 e. The highest BCUT2D eigenvalue weighted by Gasteiger charge is 2.34.